The highest BCUT2D eigenvalue weighted by Gasteiger charge is 2.24. The molecule has 0 unspecified atom stereocenters. The monoisotopic (exact) mass is 455 g/mol. The Morgan fingerprint density at radius 2 is 1.71 bits per heavy atom. The first kappa shape index (κ1) is 21.5. The van der Waals surface area contributed by atoms with Crippen LogP contribution in [-0.2, 0) is 4.79 Å². The highest BCUT2D eigenvalue weighted by molar-refractivity contribution is 7.99. The van der Waals surface area contributed by atoms with Crippen LogP contribution in [0.2, 0.25) is 5.02 Å². The summed E-state index contributed by atoms with van der Waals surface area (Å²) in [4.78, 5) is 30.8. The quantitative estimate of drug-likeness (QED) is 0.593. The highest BCUT2D eigenvalue weighted by atomic mass is 35.5. The molecule has 1 aromatic heterocycles. The van der Waals surface area contributed by atoms with Gasteiger partial charge in [0.2, 0.25) is 5.91 Å². The van der Waals surface area contributed by atoms with Crippen molar-refractivity contribution in [1.29, 1.82) is 0 Å². The molecule has 3 aromatic rings. The minimum Gasteiger partial charge on any atom is -0.459 e. The summed E-state index contributed by atoms with van der Waals surface area (Å²) in [6.07, 6.45) is 1.50. The zero-order chi connectivity index (χ0) is 21.6. The summed E-state index contributed by atoms with van der Waals surface area (Å²) >= 11 is 7.54. The zero-order valence-electron chi connectivity index (χ0n) is 16.8. The maximum Gasteiger partial charge on any atom is 0.289 e. The first-order valence-corrected chi connectivity index (χ1v) is 11.2. The molecule has 1 aliphatic rings. The Bertz CT molecular complexity index is 1030. The van der Waals surface area contributed by atoms with Gasteiger partial charge in [-0.05, 0) is 48.5 Å². The number of anilines is 1. The summed E-state index contributed by atoms with van der Waals surface area (Å²) in [7, 11) is 0. The van der Waals surface area contributed by atoms with Crippen molar-refractivity contribution in [3.05, 3.63) is 77.7 Å². The van der Waals surface area contributed by atoms with Crippen molar-refractivity contribution in [3.8, 4) is 0 Å². The number of hydrogen-bond acceptors (Lipinski definition) is 5. The second-order valence-corrected chi connectivity index (χ2v) is 8.70. The molecule has 4 rings (SSSR count). The van der Waals surface area contributed by atoms with Crippen LogP contribution in [0.25, 0.3) is 0 Å². The molecule has 6 nitrogen and oxygen atoms in total. The lowest BCUT2D eigenvalue weighted by Gasteiger charge is -2.33. The van der Waals surface area contributed by atoms with Gasteiger partial charge in [0.1, 0.15) is 0 Å². The molecule has 0 saturated carbocycles. The summed E-state index contributed by atoms with van der Waals surface area (Å²) < 4.78 is 5.19. The average molecular weight is 456 g/mol. The van der Waals surface area contributed by atoms with Gasteiger partial charge in [-0.1, -0.05) is 35.5 Å². The van der Waals surface area contributed by atoms with E-state index in [2.05, 4.69) is 10.2 Å². The lowest BCUT2D eigenvalue weighted by atomic mass is 10.2. The number of benzene rings is 2. The third-order valence-corrected chi connectivity index (χ3v) is 6.30. The smallest absolute Gasteiger partial charge is 0.289 e. The van der Waals surface area contributed by atoms with E-state index in [0.717, 1.165) is 15.5 Å². The third kappa shape index (κ3) is 5.70. The molecule has 1 fully saturated rings. The van der Waals surface area contributed by atoms with Crippen LogP contribution in [-0.4, -0.2) is 54.3 Å². The summed E-state index contributed by atoms with van der Waals surface area (Å²) in [5.41, 5.74) is 0.777. The van der Waals surface area contributed by atoms with Crippen LogP contribution in [0.1, 0.15) is 10.6 Å². The number of amides is 2. The number of para-hydroxylation sites is 1. The average Bonchev–Trinajstić information content (AvgIpc) is 3.32. The van der Waals surface area contributed by atoms with Crippen molar-refractivity contribution in [2.45, 2.75) is 9.79 Å². The normalized spacial score (nSPS) is 14.4. The van der Waals surface area contributed by atoms with Gasteiger partial charge in [0.25, 0.3) is 5.91 Å². The fraction of sp³-hybridized carbons (Fsp3) is 0.217. The number of carbonyl (C=O) groups is 2. The van der Waals surface area contributed by atoms with Gasteiger partial charge in [-0.25, -0.2) is 0 Å². The van der Waals surface area contributed by atoms with Crippen LogP contribution in [0, 0.1) is 0 Å². The van der Waals surface area contributed by atoms with Gasteiger partial charge in [0, 0.05) is 41.0 Å². The largest absolute Gasteiger partial charge is 0.459 e. The maximum atomic E-state index is 12.7. The first-order valence-electron chi connectivity index (χ1n) is 9.96. The molecule has 0 atom stereocenters. The topological polar surface area (TPSA) is 65.8 Å². The number of halogens is 1. The molecule has 2 aromatic carbocycles. The minimum atomic E-state index is -0.109. The number of carbonyl (C=O) groups excluding carboxylic acids is 2. The lowest BCUT2D eigenvalue weighted by molar-refractivity contribution is -0.117. The predicted octanol–water partition coefficient (Wildman–Crippen LogP) is 4.48. The van der Waals surface area contributed by atoms with E-state index in [9.17, 15) is 9.59 Å². The van der Waals surface area contributed by atoms with Crippen LogP contribution in [0.5, 0.6) is 0 Å². The first-order chi connectivity index (χ1) is 15.1. The van der Waals surface area contributed by atoms with E-state index in [4.69, 9.17) is 16.0 Å². The molecule has 0 radical (unpaired) electrons. The third-order valence-electron chi connectivity index (χ3n) is 4.96. The van der Waals surface area contributed by atoms with Crippen molar-refractivity contribution < 1.29 is 14.0 Å². The second-order valence-electron chi connectivity index (χ2n) is 7.15. The van der Waals surface area contributed by atoms with E-state index in [1.807, 2.05) is 48.5 Å². The van der Waals surface area contributed by atoms with Crippen LogP contribution in [0.3, 0.4) is 0 Å². The van der Waals surface area contributed by atoms with Crippen LogP contribution in [0.15, 0.2) is 81.1 Å². The summed E-state index contributed by atoms with van der Waals surface area (Å²) in [6.45, 7) is 2.69. The van der Waals surface area contributed by atoms with E-state index in [-0.39, 0.29) is 18.4 Å². The van der Waals surface area contributed by atoms with Crippen molar-refractivity contribution in [2.24, 2.45) is 0 Å². The van der Waals surface area contributed by atoms with Crippen molar-refractivity contribution >= 4 is 40.9 Å². The summed E-state index contributed by atoms with van der Waals surface area (Å²) in [6, 6.07) is 18.7. The molecule has 0 bridgehead atoms. The van der Waals surface area contributed by atoms with Crippen molar-refractivity contribution in [3.63, 3.8) is 0 Å². The number of furan rings is 1. The van der Waals surface area contributed by atoms with Crippen molar-refractivity contribution in [1.82, 2.24) is 9.80 Å². The molecule has 31 heavy (non-hydrogen) atoms. The van der Waals surface area contributed by atoms with E-state index in [1.54, 1.807) is 28.8 Å². The molecule has 2 amide bonds. The van der Waals surface area contributed by atoms with Gasteiger partial charge < -0.3 is 14.6 Å². The van der Waals surface area contributed by atoms with Gasteiger partial charge in [0.15, 0.2) is 5.76 Å². The number of hydrogen-bond donors (Lipinski definition) is 1. The Balaban J connectivity index is 1.30. The van der Waals surface area contributed by atoms with E-state index >= 15 is 0 Å². The Hall–Kier alpha value is -2.74. The second kappa shape index (κ2) is 10.0. The standard InChI is InChI=1S/C23H22ClN3O3S/c24-17-7-9-18(10-8-17)31-21-6-2-1-4-19(21)25-22(28)16-26-11-13-27(14-12-26)23(29)20-5-3-15-30-20/h1-10,15H,11-14,16H2,(H,25,28). The molecule has 0 aliphatic carbocycles. The summed E-state index contributed by atoms with van der Waals surface area (Å²) in [5.74, 6) is 0.165. The minimum absolute atomic E-state index is 0.0741. The number of piperazine rings is 1. The van der Waals surface area contributed by atoms with Gasteiger partial charge >= 0.3 is 0 Å². The van der Waals surface area contributed by atoms with Gasteiger partial charge in [0.05, 0.1) is 18.5 Å². The fourth-order valence-corrected chi connectivity index (χ4v) is 4.37. The van der Waals surface area contributed by atoms with Gasteiger partial charge in [-0.3, -0.25) is 14.5 Å². The molecule has 2 heterocycles. The Kier molecular flexibility index (Phi) is 6.96. The Labute approximate surface area is 190 Å². The van der Waals surface area contributed by atoms with Crippen LogP contribution < -0.4 is 5.32 Å². The Morgan fingerprint density at radius 3 is 2.42 bits per heavy atom. The highest BCUT2D eigenvalue weighted by Crippen LogP contribution is 2.33. The number of rotatable bonds is 6. The van der Waals surface area contributed by atoms with Gasteiger partial charge in [-0.15, -0.1) is 0 Å². The lowest BCUT2D eigenvalue weighted by Crippen LogP contribution is -2.50. The van der Waals surface area contributed by atoms with E-state index in [0.29, 0.717) is 37.0 Å². The van der Waals surface area contributed by atoms with Gasteiger partial charge in [-0.2, -0.15) is 0 Å². The fourth-order valence-electron chi connectivity index (χ4n) is 3.35. The van der Waals surface area contributed by atoms with Crippen LogP contribution >= 0.6 is 23.4 Å². The molecule has 160 valence electrons. The molecule has 1 aliphatic heterocycles. The molecule has 1 N–H and O–H groups in total. The number of nitrogens with one attached hydrogen (secondary N) is 1. The van der Waals surface area contributed by atoms with Crippen molar-refractivity contribution in [2.75, 3.05) is 38.0 Å². The molecule has 1 saturated heterocycles. The van der Waals surface area contributed by atoms with E-state index in [1.165, 1.54) is 6.26 Å². The molecular weight excluding hydrogens is 434 g/mol. The predicted molar refractivity (Wildman–Crippen MR) is 122 cm³/mol. The van der Waals surface area contributed by atoms with E-state index < -0.39 is 0 Å². The molecule has 8 heteroatoms. The SMILES string of the molecule is O=C(CN1CCN(C(=O)c2ccco2)CC1)Nc1ccccc1Sc1ccc(Cl)cc1. The Morgan fingerprint density at radius 1 is 0.968 bits per heavy atom. The maximum absolute atomic E-state index is 12.7. The van der Waals surface area contributed by atoms with Crippen LogP contribution in [0.4, 0.5) is 5.69 Å². The molecular formula is C23H22ClN3O3S. The number of nitrogens with zero attached hydrogens (tertiary/aromatic N) is 2. The molecule has 0 spiro atoms. The zero-order valence-corrected chi connectivity index (χ0v) is 18.4. The summed E-state index contributed by atoms with van der Waals surface area (Å²) in [5, 5.41) is 3.71.